The number of unbranched alkanes of at least 4 members (excludes halogenated alkanes) is 4. The molecule has 8 heteroatoms. The molecule has 1 N–H and O–H groups in total. The number of carbonyl (C=O) groups is 2. The van der Waals surface area contributed by atoms with E-state index in [9.17, 15) is 9.59 Å². The van der Waals surface area contributed by atoms with Crippen molar-refractivity contribution in [2.45, 2.75) is 91.4 Å². The largest absolute Gasteiger partial charge is 0.497 e. The van der Waals surface area contributed by atoms with Crippen molar-refractivity contribution in [1.29, 1.82) is 0 Å². The molecule has 8 nitrogen and oxygen atoms in total. The zero-order chi connectivity index (χ0) is 29.8. The van der Waals surface area contributed by atoms with Gasteiger partial charge in [-0.25, -0.2) is 9.59 Å². The molecule has 224 valence electrons. The number of cyclic esters (lactones) is 2. The van der Waals surface area contributed by atoms with Crippen LogP contribution in [-0.2, 0) is 25.5 Å². The van der Waals surface area contributed by atoms with E-state index < -0.39 is 18.2 Å². The van der Waals surface area contributed by atoms with E-state index >= 15 is 0 Å². The van der Waals surface area contributed by atoms with Gasteiger partial charge in [0.05, 0.1) is 25.9 Å². The molecule has 3 rings (SSSR count). The van der Waals surface area contributed by atoms with E-state index in [4.69, 9.17) is 18.9 Å². The summed E-state index contributed by atoms with van der Waals surface area (Å²) in [6, 6.07) is 13.9. The van der Waals surface area contributed by atoms with Gasteiger partial charge in [-0.1, -0.05) is 77.1 Å². The van der Waals surface area contributed by atoms with E-state index in [1.807, 2.05) is 17.1 Å². The maximum absolute atomic E-state index is 12.8. The predicted molar refractivity (Wildman–Crippen MR) is 160 cm³/mol. The fraction of sp³-hybridized carbons (Fsp3) is 0.515. The SMILES string of the molecule is CCCCCc1ccc(C(C(C)CCCCC)N(C=C2C(=O)OC(C)OC2=O)Nc2ccc(OC)cc2OC)cc1. The standard InChI is InChI=1S/C33H46N2O6/c1-7-9-11-13-23(3)31(26-17-15-25(16-18-26)14-12-10-8-2)35(22-28-32(36)40-24(4)41-33(28)37)34-29-20-19-27(38-5)21-30(29)39-6/h15-24,31,34H,7-14H2,1-6H3. The van der Waals surface area contributed by atoms with Gasteiger partial charge >= 0.3 is 11.9 Å². The van der Waals surface area contributed by atoms with Crippen molar-refractivity contribution >= 4 is 17.6 Å². The number of hydrogen-bond donors (Lipinski definition) is 1. The number of ether oxygens (including phenoxy) is 4. The fourth-order valence-electron chi connectivity index (χ4n) is 5.09. The average molecular weight is 567 g/mol. The summed E-state index contributed by atoms with van der Waals surface area (Å²) in [4.78, 5) is 25.7. The minimum absolute atomic E-state index is 0.163. The van der Waals surface area contributed by atoms with Crippen LogP contribution in [-0.4, -0.2) is 37.5 Å². The smallest absolute Gasteiger partial charge is 0.350 e. The molecule has 0 radical (unpaired) electrons. The van der Waals surface area contributed by atoms with Crippen LogP contribution in [0.25, 0.3) is 0 Å². The molecule has 1 saturated heterocycles. The van der Waals surface area contributed by atoms with Crippen LogP contribution in [0.5, 0.6) is 11.5 Å². The van der Waals surface area contributed by atoms with Crippen LogP contribution in [0.4, 0.5) is 5.69 Å². The van der Waals surface area contributed by atoms with Gasteiger partial charge in [0, 0.05) is 19.2 Å². The normalized spacial score (nSPS) is 16.3. The van der Waals surface area contributed by atoms with Crippen LogP contribution in [0.1, 0.15) is 89.8 Å². The molecule has 2 atom stereocenters. The van der Waals surface area contributed by atoms with Gasteiger partial charge in [-0.05, 0) is 48.4 Å². The van der Waals surface area contributed by atoms with Crippen molar-refractivity contribution in [2.75, 3.05) is 19.6 Å². The van der Waals surface area contributed by atoms with Crippen LogP contribution >= 0.6 is 0 Å². The van der Waals surface area contributed by atoms with Gasteiger partial charge in [-0.2, -0.15) is 0 Å². The number of anilines is 1. The fourth-order valence-corrected chi connectivity index (χ4v) is 5.09. The van der Waals surface area contributed by atoms with E-state index in [1.165, 1.54) is 31.5 Å². The van der Waals surface area contributed by atoms with Gasteiger partial charge in [-0.15, -0.1) is 0 Å². The molecule has 2 aromatic carbocycles. The summed E-state index contributed by atoms with van der Waals surface area (Å²) in [5.74, 6) is -0.0693. The molecular formula is C33H46N2O6. The molecule has 41 heavy (non-hydrogen) atoms. The Kier molecular flexibility index (Phi) is 12.4. The van der Waals surface area contributed by atoms with Gasteiger partial charge in [0.15, 0.2) is 5.57 Å². The van der Waals surface area contributed by atoms with Crippen LogP contribution < -0.4 is 14.9 Å². The molecule has 0 spiro atoms. The van der Waals surface area contributed by atoms with Gasteiger partial charge in [0.25, 0.3) is 0 Å². The molecule has 1 aliphatic rings. The van der Waals surface area contributed by atoms with E-state index in [0.717, 1.165) is 44.1 Å². The highest BCUT2D eigenvalue weighted by molar-refractivity contribution is 6.15. The highest BCUT2D eigenvalue weighted by Gasteiger charge is 2.34. The third-order valence-corrected chi connectivity index (χ3v) is 7.40. The highest BCUT2D eigenvalue weighted by Crippen LogP contribution is 2.37. The van der Waals surface area contributed by atoms with Crippen molar-refractivity contribution in [2.24, 2.45) is 5.92 Å². The van der Waals surface area contributed by atoms with Gasteiger partial charge in [-0.3, -0.25) is 10.4 Å². The summed E-state index contributed by atoms with van der Waals surface area (Å²) in [6.45, 7) is 8.12. The first-order valence-corrected chi connectivity index (χ1v) is 14.8. The second kappa shape index (κ2) is 15.9. The number of nitrogens with one attached hydrogen (secondary N) is 1. The molecular weight excluding hydrogens is 520 g/mol. The number of rotatable bonds is 16. The summed E-state index contributed by atoms with van der Waals surface area (Å²) in [6.07, 6.45) is 9.45. The average Bonchev–Trinajstić information content (AvgIpc) is 2.96. The predicted octanol–water partition coefficient (Wildman–Crippen LogP) is 7.35. The Morgan fingerprint density at radius 3 is 2.20 bits per heavy atom. The Hall–Kier alpha value is -3.68. The van der Waals surface area contributed by atoms with Crippen molar-refractivity contribution in [1.82, 2.24) is 5.01 Å². The van der Waals surface area contributed by atoms with Crippen molar-refractivity contribution in [3.63, 3.8) is 0 Å². The first-order chi connectivity index (χ1) is 19.8. The molecule has 0 aromatic heterocycles. The van der Waals surface area contributed by atoms with Gasteiger partial charge in [0.2, 0.25) is 6.29 Å². The minimum atomic E-state index is -0.931. The topological polar surface area (TPSA) is 86.3 Å². The number of esters is 2. The Morgan fingerprint density at radius 1 is 0.927 bits per heavy atom. The quantitative estimate of drug-likeness (QED) is 0.0742. The molecule has 2 aromatic rings. The highest BCUT2D eigenvalue weighted by atomic mass is 16.7. The Morgan fingerprint density at radius 2 is 1.59 bits per heavy atom. The van der Waals surface area contributed by atoms with E-state index in [-0.39, 0.29) is 17.5 Å². The number of aryl methyl sites for hydroxylation is 1. The van der Waals surface area contributed by atoms with Crippen LogP contribution in [0.3, 0.4) is 0 Å². The molecule has 0 aliphatic carbocycles. The monoisotopic (exact) mass is 566 g/mol. The van der Waals surface area contributed by atoms with Crippen LogP contribution in [0, 0.1) is 5.92 Å². The lowest BCUT2D eigenvalue weighted by molar-refractivity contribution is -0.190. The van der Waals surface area contributed by atoms with Gasteiger partial charge < -0.3 is 18.9 Å². The molecule has 0 bridgehead atoms. The number of methoxy groups -OCH3 is 2. The third-order valence-electron chi connectivity index (χ3n) is 7.40. The van der Waals surface area contributed by atoms with Crippen molar-refractivity contribution < 1.29 is 28.5 Å². The maximum atomic E-state index is 12.8. The third kappa shape index (κ3) is 8.90. The number of hydrogen-bond acceptors (Lipinski definition) is 8. The Bertz CT molecular complexity index is 1140. The molecule has 1 heterocycles. The van der Waals surface area contributed by atoms with Crippen molar-refractivity contribution in [3.8, 4) is 11.5 Å². The zero-order valence-electron chi connectivity index (χ0n) is 25.4. The molecule has 0 saturated carbocycles. The Labute approximate surface area is 245 Å². The van der Waals surface area contributed by atoms with Crippen molar-refractivity contribution in [3.05, 3.63) is 65.4 Å². The lowest BCUT2D eigenvalue weighted by Crippen LogP contribution is -2.38. The summed E-state index contributed by atoms with van der Waals surface area (Å²) >= 11 is 0. The van der Waals surface area contributed by atoms with Crippen LogP contribution in [0.2, 0.25) is 0 Å². The molecule has 1 aliphatic heterocycles. The lowest BCUT2D eigenvalue weighted by atomic mass is 9.88. The summed E-state index contributed by atoms with van der Waals surface area (Å²) < 4.78 is 21.5. The van der Waals surface area contributed by atoms with E-state index in [2.05, 4.69) is 50.5 Å². The number of benzene rings is 2. The molecule has 0 amide bonds. The minimum Gasteiger partial charge on any atom is -0.497 e. The number of carbonyl (C=O) groups excluding carboxylic acids is 2. The van der Waals surface area contributed by atoms with Crippen LogP contribution in [0.15, 0.2) is 54.2 Å². The number of nitrogens with zero attached hydrogens (tertiary/aromatic N) is 1. The van der Waals surface area contributed by atoms with E-state index in [0.29, 0.717) is 17.2 Å². The Balaban J connectivity index is 2.08. The second-order valence-electron chi connectivity index (χ2n) is 10.6. The lowest BCUT2D eigenvalue weighted by Gasteiger charge is -2.37. The number of hydrazine groups is 1. The summed E-state index contributed by atoms with van der Waals surface area (Å²) in [7, 11) is 3.18. The zero-order valence-corrected chi connectivity index (χ0v) is 25.4. The molecule has 2 unspecified atom stereocenters. The second-order valence-corrected chi connectivity index (χ2v) is 10.6. The molecule has 1 fully saturated rings. The summed E-state index contributed by atoms with van der Waals surface area (Å²) in [5, 5.41) is 1.82. The maximum Gasteiger partial charge on any atom is 0.350 e. The summed E-state index contributed by atoms with van der Waals surface area (Å²) in [5.41, 5.74) is 6.27. The first-order valence-electron chi connectivity index (χ1n) is 14.8. The van der Waals surface area contributed by atoms with E-state index in [1.54, 1.807) is 20.3 Å². The van der Waals surface area contributed by atoms with Gasteiger partial charge in [0.1, 0.15) is 11.5 Å². The first kappa shape index (κ1) is 31.8.